The Bertz CT molecular complexity index is 1460. The van der Waals surface area contributed by atoms with E-state index in [1.54, 1.807) is 12.1 Å². The molecule has 0 saturated carbocycles. The summed E-state index contributed by atoms with van der Waals surface area (Å²) in [6, 6.07) is 14.2. The molecule has 0 aliphatic heterocycles. The number of fused-ring (bicyclic) bond motifs is 1. The van der Waals surface area contributed by atoms with Crippen molar-refractivity contribution in [2.45, 2.75) is 103 Å². The van der Waals surface area contributed by atoms with E-state index >= 15 is 0 Å². The molecule has 1 heterocycles. The second-order valence-electron chi connectivity index (χ2n) is 12.8. The van der Waals surface area contributed by atoms with Gasteiger partial charge in [0.15, 0.2) is 0 Å². The molecule has 9 heteroatoms. The highest BCUT2D eigenvalue weighted by Gasteiger charge is 2.32. The Morgan fingerprint density at radius 1 is 0.826 bits per heavy atom. The molecule has 8 nitrogen and oxygen atoms in total. The number of aromatic hydroxyl groups is 1. The summed E-state index contributed by atoms with van der Waals surface area (Å²) in [7, 11) is -2.32. The quantitative estimate of drug-likeness (QED) is 0.0864. The van der Waals surface area contributed by atoms with E-state index in [1.165, 1.54) is 57.4 Å². The van der Waals surface area contributed by atoms with E-state index in [9.17, 15) is 22.9 Å². The van der Waals surface area contributed by atoms with Gasteiger partial charge in [-0.05, 0) is 38.1 Å². The molecule has 2 atom stereocenters. The lowest BCUT2D eigenvalue weighted by Gasteiger charge is -2.34. The van der Waals surface area contributed by atoms with Gasteiger partial charge in [-0.2, -0.15) is 0 Å². The number of phenolic OH excluding ortho intramolecular Hbond substituents is 1. The fourth-order valence-corrected chi connectivity index (χ4v) is 6.85. The fourth-order valence-electron chi connectivity index (χ4n) is 6.35. The molecule has 2 aromatic carbocycles. The largest absolute Gasteiger partial charge is 0.748 e. The van der Waals surface area contributed by atoms with Crippen molar-refractivity contribution in [3.63, 3.8) is 0 Å². The summed E-state index contributed by atoms with van der Waals surface area (Å²) >= 11 is 0. The van der Waals surface area contributed by atoms with Gasteiger partial charge in [-0.25, -0.2) is 8.42 Å². The molecule has 0 aliphatic carbocycles. The molecule has 0 radical (unpaired) electrons. The number of phenols is 1. The Balaban J connectivity index is 2.08. The van der Waals surface area contributed by atoms with Crippen LogP contribution < -0.4 is 10.3 Å². The molecule has 256 valence electrons. The van der Waals surface area contributed by atoms with Gasteiger partial charge in [-0.1, -0.05) is 114 Å². The summed E-state index contributed by atoms with van der Waals surface area (Å²) < 4.78 is 40.5. The van der Waals surface area contributed by atoms with E-state index in [2.05, 4.69) is 18.7 Å². The zero-order valence-electron chi connectivity index (χ0n) is 28.3. The van der Waals surface area contributed by atoms with Crippen LogP contribution >= 0.6 is 0 Å². The summed E-state index contributed by atoms with van der Waals surface area (Å²) in [6.45, 7) is 7.07. The number of hydrogen-bond acceptors (Lipinski definition) is 7. The highest BCUT2D eigenvalue weighted by atomic mass is 32.2. The number of unbranched alkanes of at least 4 members (excludes halogenated alkanes) is 10. The lowest BCUT2D eigenvalue weighted by molar-refractivity contribution is -0.882. The van der Waals surface area contributed by atoms with Gasteiger partial charge in [0.2, 0.25) is 5.43 Å². The van der Waals surface area contributed by atoms with Crippen molar-refractivity contribution in [3.8, 4) is 17.1 Å². The standard InChI is InChI=1S/C37H56N2O6S/c1-4-6-8-10-12-17-26-39(27-18-13-11-9-7-5-2)31(29-38(3)25-20-28-46(42,43)44)34-36(41)35-32(40)23-19-24-33(35)45-37(34)30-21-15-14-16-22-30/h14-16,19,21-24,31,40H,4-13,17-18,20,25-29H2,1-3H3,(H,42,43,44). The molecule has 3 rings (SSSR count). The number of nitrogens with zero attached hydrogens (tertiary/aromatic N) is 1. The van der Waals surface area contributed by atoms with Gasteiger partial charge in [-0.15, -0.1) is 0 Å². The van der Waals surface area contributed by atoms with Crippen LogP contribution in [0.25, 0.3) is 22.3 Å². The van der Waals surface area contributed by atoms with Crippen molar-refractivity contribution in [1.82, 2.24) is 4.90 Å². The van der Waals surface area contributed by atoms with E-state index in [-0.39, 0.29) is 29.0 Å². The minimum Gasteiger partial charge on any atom is -0.748 e. The van der Waals surface area contributed by atoms with Crippen molar-refractivity contribution in [3.05, 3.63) is 64.3 Å². The van der Waals surface area contributed by atoms with Crippen LogP contribution in [0.15, 0.2) is 57.7 Å². The van der Waals surface area contributed by atoms with E-state index in [1.807, 2.05) is 37.4 Å². The van der Waals surface area contributed by atoms with Crippen LogP contribution in [0.3, 0.4) is 0 Å². The summed E-state index contributed by atoms with van der Waals surface area (Å²) in [5.74, 6) is -0.0136. The van der Waals surface area contributed by atoms with Crippen molar-refractivity contribution < 1.29 is 27.4 Å². The monoisotopic (exact) mass is 656 g/mol. The molecular weight excluding hydrogens is 600 g/mol. The van der Waals surface area contributed by atoms with E-state index in [4.69, 9.17) is 4.42 Å². The van der Waals surface area contributed by atoms with Crippen molar-refractivity contribution >= 4 is 21.1 Å². The molecule has 1 aromatic heterocycles. The Morgan fingerprint density at radius 2 is 1.41 bits per heavy atom. The normalized spacial score (nSPS) is 13.4. The van der Waals surface area contributed by atoms with E-state index in [0.29, 0.717) is 30.0 Å². The van der Waals surface area contributed by atoms with Gasteiger partial charge in [0, 0.05) is 17.7 Å². The summed E-state index contributed by atoms with van der Waals surface area (Å²) in [6.07, 6.45) is 14.2. The maximum absolute atomic E-state index is 14.5. The average Bonchev–Trinajstić information content (AvgIpc) is 3.02. The third kappa shape index (κ3) is 12.1. The summed E-state index contributed by atoms with van der Waals surface area (Å²) in [4.78, 5) is 18.0. The lowest BCUT2D eigenvalue weighted by Crippen LogP contribution is -3.09. The van der Waals surface area contributed by atoms with Crippen LogP contribution in [-0.2, 0) is 10.1 Å². The van der Waals surface area contributed by atoms with Crippen LogP contribution in [-0.4, -0.2) is 62.0 Å². The van der Waals surface area contributed by atoms with Crippen molar-refractivity contribution in [2.75, 3.05) is 39.0 Å². The first kappa shape index (κ1) is 37.7. The predicted molar refractivity (Wildman–Crippen MR) is 186 cm³/mol. The third-order valence-electron chi connectivity index (χ3n) is 8.88. The number of quaternary nitrogens is 1. The zero-order chi connectivity index (χ0) is 33.4. The Kier molecular flexibility index (Phi) is 16.3. The maximum atomic E-state index is 14.5. The number of likely N-dealkylation sites (N-methyl/N-ethyl adjacent to an activating group) is 1. The van der Waals surface area contributed by atoms with Crippen LogP contribution in [0.4, 0.5) is 0 Å². The fraction of sp³-hybridized carbons (Fsp3) is 0.595. The Morgan fingerprint density at radius 3 is 2.00 bits per heavy atom. The minimum atomic E-state index is -4.31. The predicted octanol–water partition coefficient (Wildman–Crippen LogP) is 6.68. The molecule has 0 amide bonds. The molecule has 2 unspecified atom stereocenters. The zero-order valence-corrected chi connectivity index (χ0v) is 29.1. The second kappa shape index (κ2) is 19.8. The van der Waals surface area contributed by atoms with E-state index < -0.39 is 15.9 Å². The van der Waals surface area contributed by atoms with E-state index in [0.717, 1.165) is 49.2 Å². The lowest BCUT2D eigenvalue weighted by atomic mass is 9.96. The van der Waals surface area contributed by atoms with Crippen LogP contribution in [0.5, 0.6) is 5.75 Å². The maximum Gasteiger partial charge on any atom is 0.202 e. The molecule has 46 heavy (non-hydrogen) atoms. The molecular formula is C37H56N2O6S. The minimum absolute atomic E-state index is 0.106. The Labute approximate surface area is 276 Å². The summed E-state index contributed by atoms with van der Waals surface area (Å²) in [5, 5.41) is 11.0. The van der Waals surface area contributed by atoms with Crippen LogP contribution in [0.2, 0.25) is 0 Å². The van der Waals surface area contributed by atoms with Gasteiger partial charge < -0.3 is 19.0 Å². The number of nitrogens with one attached hydrogen (secondary N) is 1. The second-order valence-corrected chi connectivity index (χ2v) is 14.3. The Hall–Kier alpha value is -2.72. The first-order chi connectivity index (χ1) is 22.2. The molecule has 0 fully saturated rings. The van der Waals surface area contributed by atoms with Gasteiger partial charge in [0.25, 0.3) is 0 Å². The molecule has 2 N–H and O–H groups in total. The molecule has 0 aliphatic rings. The first-order valence-electron chi connectivity index (χ1n) is 17.5. The van der Waals surface area contributed by atoms with Gasteiger partial charge in [-0.3, -0.25) is 9.69 Å². The van der Waals surface area contributed by atoms with Gasteiger partial charge in [0.1, 0.15) is 22.5 Å². The number of rotatable bonds is 23. The average molecular weight is 657 g/mol. The number of hydrogen-bond donors (Lipinski definition) is 2. The number of benzene rings is 2. The van der Waals surface area contributed by atoms with Gasteiger partial charge >= 0.3 is 0 Å². The topological polar surface area (TPSA) is 115 Å². The van der Waals surface area contributed by atoms with Crippen LogP contribution in [0.1, 0.15) is 109 Å². The third-order valence-corrected chi connectivity index (χ3v) is 9.67. The highest BCUT2D eigenvalue weighted by molar-refractivity contribution is 7.85. The molecule has 0 bridgehead atoms. The summed E-state index contributed by atoms with van der Waals surface area (Å²) in [5.41, 5.74) is 1.41. The smallest absolute Gasteiger partial charge is 0.202 e. The highest BCUT2D eigenvalue weighted by Crippen LogP contribution is 2.34. The van der Waals surface area contributed by atoms with Gasteiger partial charge in [0.05, 0.1) is 41.9 Å². The first-order valence-corrected chi connectivity index (χ1v) is 19.1. The van der Waals surface area contributed by atoms with Crippen molar-refractivity contribution in [1.29, 1.82) is 0 Å². The molecule has 0 spiro atoms. The SMILES string of the molecule is CCCCCCCCN(CCCCCCCC)C(C[NH+](C)CCCS(=O)(=O)[O-])c1c(-c2ccccc2)oc2cccc(O)c2c1=O. The van der Waals surface area contributed by atoms with Crippen LogP contribution in [0, 0.1) is 0 Å². The molecule has 0 saturated heterocycles. The van der Waals surface area contributed by atoms with Crippen molar-refractivity contribution in [2.24, 2.45) is 0 Å². The molecule has 3 aromatic rings.